The Morgan fingerprint density at radius 3 is 2.49 bits per heavy atom. The maximum absolute atomic E-state index is 12.9. The highest BCUT2D eigenvalue weighted by Gasteiger charge is 2.42. The molecule has 2 N–H and O–H groups in total. The van der Waals surface area contributed by atoms with Crippen LogP contribution in [0.25, 0.3) is 10.9 Å². The molecule has 1 saturated heterocycles. The average Bonchev–Trinajstić information content (AvgIpc) is 3.43. The molecule has 0 radical (unpaired) electrons. The van der Waals surface area contributed by atoms with Crippen molar-refractivity contribution in [2.75, 3.05) is 13.7 Å². The zero-order valence-electron chi connectivity index (χ0n) is 25.4. The van der Waals surface area contributed by atoms with Gasteiger partial charge in [0.1, 0.15) is 11.7 Å². The van der Waals surface area contributed by atoms with E-state index in [4.69, 9.17) is 14.2 Å². The van der Waals surface area contributed by atoms with Crippen LogP contribution in [0.4, 0.5) is 4.79 Å². The minimum atomic E-state index is -0.612. The van der Waals surface area contributed by atoms with Crippen LogP contribution < -0.4 is 5.32 Å². The fourth-order valence-corrected chi connectivity index (χ4v) is 5.87. The second kappa shape index (κ2) is 13.2. The smallest absolute Gasteiger partial charge is 0.408 e. The fourth-order valence-electron chi connectivity index (χ4n) is 5.87. The van der Waals surface area contributed by atoms with Crippen molar-refractivity contribution in [2.45, 2.75) is 105 Å². The third kappa shape index (κ3) is 8.23. The molecule has 0 bridgehead atoms. The van der Waals surface area contributed by atoms with Gasteiger partial charge in [0.15, 0.2) is 0 Å². The maximum Gasteiger partial charge on any atom is 0.408 e. The second-order valence-electron chi connectivity index (χ2n) is 13.0. The summed E-state index contributed by atoms with van der Waals surface area (Å²) in [5.74, 6) is 0.700. The summed E-state index contributed by atoms with van der Waals surface area (Å²) in [6, 6.07) is 6.36. The van der Waals surface area contributed by atoms with Crippen molar-refractivity contribution in [3.63, 3.8) is 0 Å². The van der Waals surface area contributed by atoms with Crippen LogP contribution in [0.5, 0.6) is 0 Å². The molecule has 2 aromatic rings. The fraction of sp³-hybridized carbons (Fsp3) is 0.688. The van der Waals surface area contributed by atoms with Gasteiger partial charge in [-0.05, 0) is 93.4 Å². The Kier molecular flexibility index (Phi) is 10.5. The van der Waals surface area contributed by atoms with Crippen LogP contribution in [0.2, 0.25) is 0 Å². The highest BCUT2D eigenvalue weighted by molar-refractivity contribution is 5.84. The summed E-state index contributed by atoms with van der Waals surface area (Å²) in [6.07, 6.45) is 4.50. The molecule has 7 heteroatoms. The van der Waals surface area contributed by atoms with Crippen molar-refractivity contribution < 1.29 is 23.8 Å². The summed E-state index contributed by atoms with van der Waals surface area (Å²) in [4.78, 5) is 29.0. The Morgan fingerprint density at radius 2 is 1.90 bits per heavy atom. The normalized spacial score (nSPS) is 20.3. The van der Waals surface area contributed by atoms with E-state index in [1.807, 2.05) is 34.6 Å². The number of ether oxygens (including phenoxy) is 3. The van der Waals surface area contributed by atoms with E-state index in [-0.39, 0.29) is 41.8 Å². The number of hydrogen-bond acceptors (Lipinski definition) is 5. The molecule has 39 heavy (non-hydrogen) atoms. The SMILES string of the molecule is COCCCc1c[nH]c2ccc(C(C)C(CC(NC(=O)OC(C)(C)C)C3CC(C(C)C)C(=O)O3)C(C)C)cc12. The van der Waals surface area contributed by atoms with Crippen molar-refractivity contribution in [2.24, 2.45) is 23.7 Å². The minimum absolute atomic E-state index is 0.152. The van der Waals surface area contributed by atoms with Crippen molar-refractivity contribution in [1.82, 2.24) is 10.3 Å². The largest absolute Gasteiger partial charge is 0.460 e. The van der Waals surface area contributed by atoms with Crippen LogP contribution in [0.3, 0.4) is 0 Å². The number of rotatable bonds is 12. The summed E-state index contributed by atoms with van der Waals surface area (Å²) < 4.78 is 16.7. The Balaban J connectivity index is 1.86. The number of aromatic nitrogens is 1. The summed E-state index contributed by atoms with van der Waals surface area (Å²) in [7, 11) is 1.74. The predicted molar refractivity (Wildman–Crippen MR) is 156 cm³/mol. The van der Waals surface area contributed by atoms with Crippen molar-refractivity contribution in [1.29, 1.82) is 0 Å². The standard InChI is InChI=1S/C32H50N2O5/c1-19(2)24(21(5)22-12-13-27-26(15-22)23(18-33-27)11-10-14-37-9)16-28(34-31(36)39-32(6,7)8)29-17-25(20(3)4)30(35)38-29/h12-13,15,18-21,24-25,28-29,33H,10-11,14,16-17H2,1-9H3,(H,34,36). The number of amides is 1. The van der Waals surface area contributed by atoms with Crippen molar-refractivity contribution >= 4 is 23.0 Å². The van der Waals surface area contributed by atoms with Gasteiger partial charge >= 0.3 is 12.1 Å². The van der Waals surface area contributed by atoms with Gasteiger partial charge in [0.05, 0.1) is 12.0 Å². The maximum atomic E-state index is 12.9. The van der Waals surface area contributed by atoms with Gasteiger partial charge in [0.2, 0.25) is 0 Å². The quantitative estimate of drug-likeness (QED) is 0.223. The van der Waals surface area contributed by atoms with E-state index in [2.05, 4.69) is 55.5 Å². The number of cyclic esters (lactones) is 1. The van der Waals surface area contributed by atoms with Crippen molar-refractivity contribution in [3.8, 4) is 0 Å². The Labute approximate surface area is 234 Å². The molecule has 218 valence electrons. The number of hydrogen-bond donors (Lipinski definition) is 2. The number of fused-ring (bicyclic) bond motifs is 1. The molecule has 5 unspecified atom stereocenters. The molecular formula is C32H50N2O5. The third-order valence-corrected chi connectivity index (χ3v) is 8.15. The van der Waals surface area contributed by atoms with Gasteiger partial charge in [0, 0.05) is 30.8 Å². The first-order valence-electron chi connectivity index (χ1n) is 14.6. The van der Waals surface area contributed by atoms with Crippen LogP contribution in [0.15, 0.2) is 24.4 Å². The van der Waals surface area contributed by atoms with Gasteiger partial charge in [-0.1, -0.05) is 40.7 Å². The molecule has 7 nitrogen and oxygen atoms in total. The van der Waals surface area contributed by atoms with Crippen LogP contribution in [-0.4, -0.2) is 48.5 Å². The van der Waals surface area contributed by atoms with E-state index < -0.39 is 11.7 Å². The number of alkyl carbamates (subject to hydrolysis) is 1. The molecule has 1 aliphatic heterocycles. The summed E-state index contributed by atoms with van der Waals surface area (Å²) >= 11 is 0. The van der Waals surface area contributed by atoms with Gasteiger partial charge in [-0.25, -0.2) is 4.79 Å². The van der Waals surface area contributed by atoms with Gasteiger partial charge in [-0.15, -0.1) is 0 Å². The van der Waals surface area contributed by atoms with Crippen LogP contribution in [0, 0.1) is 23.7 Å². The predicted octanol–water partition coefficient (Wildman–Crippen LogP) is 6.99. The lowest BCUT2D eigenvalue weighted by molar-refractivity contribution is -0.146. The molecule has 1 aromatic carbocycles. The van der Waals surface area contributed by atoms with Crippen LogP contribution in [-0.2, 0) is 25.4 Å². The lowest BCUT2D eigenvalue weighted by atomic mass is 9.75. The van der Waals surface area contributed by atoms with Gasteiger partial charge in [-0.2, -0.15) is 0 Å². The monoisotopic (exact) mass is 542 g/mol. The molecular weight excluding hydrogens is 492 g/mol. The highest BCUT2D eigenvalue weighted by atomic mass is 16.6. The molecule has 2 heterocycles. The molecule has 0 aliphatic carbocycles. The van der Waals surface area contributed by atoms with Gasteiger partial charge in [0.25, 0.3) is 0 Å². The summed E-state index contributed by atoms with van der Waals surface area (Å²) in [6.45, 7) is 17.1. The second-order valence-corrected chi connectivity index (χ2v) is 13.0. The first kappa shape index (κ1) is 31.0. The van der Waals surface area contributed by atoms with E-state index in [0.717, 1.165) is 25.0 Å². The number of aromatic amines is 1. The van der Waals surface area contributed by atoms with Crippen molar-refractivity contribution in [3.05, 3.63) is 35.5 Å². The average molecular weight is 543 g/mol. The third-order valence-electron chi connectivity index (χ3n) is 8.15. The van der Waals surface area contributed by atoms with Crippen LogP contribution in [0.1, 0.15) is 91.7 Å². The molecule has 0 spiro atoms. The zero-order chi connectivity index (χ0) is 28.9. The first-order chi connectivity index (χ1) is 18.3. The number of aryl methyl sites for hydroxylation is 1. The molecule has 1 fully saturated rings. The van der Waals surface area contributed by atoms with Gasteiger partial charge < -0.3 is 24.5 Å². The Bertz CT molecular complexity index is 1100. The molecule has 3 rings (SSSR count). The zero-order valence-corrected chi connectivity index (χ0v) is 25.4. The lowest BCUT2D eigenvalue weighted by Gasteiger charge is -2.34. The Hall–Kier alpha value is -2.54. The molecule has 1 amide bonds. The van der Waals surface area contributed by atoms with E-state index in [9.17, 15) is 9.59 Å². The number of methoxy groups -OCH3 is 1. The summed E-state index contributed by atoms with van der Waals surface area (Å²) in [5.41, 5.74) is 3.10. The number of benzene rings is 1. The topological polar surface area (TPSA) is 89.6 Å². The number of esters is 1. The molecule has 1 aliphatic rings. The Morgan fingerprint density at radius 1 is 1.18 bits per heavy atom. The molecule has 0 saturated carbocycles. The number of carbonyl (C=O) groups is 2. The van der Waals surface area contributed by atoms with Gasteiger partial charge in [-0.3, -0.25) is 4.79 Å². The van der Waals surface area contributed by atoms with E-state index >= 15 is 0 Å². The highest BCUT2D eigenvalue weighted by Crippen LogP contribution is 2.38. The first-order valence-corrected chi connectivity index (χ1v) is 14.6. The summed E-state index contributed by atoms with van der Waals surface area (Å²) in [5, 5.41) is 4.35. The number of H-pyrrole nitrogens is 1. The minimum Gasteiger partial charge on any atom is -0.460 e. The number of nitrogens with one attached hydrogen (secondary N) is 2. The van der Waals surface area contributed by atoms with E-state index in [1.54, 1.807) is 7.11 Å². The van der Waals surface area contributed by atoms with Crippen LogP contribution >= 0.6 is 0 Å². The van der Waals surface area contributed by atoms with E-state index in [0.29, 0.717) is 18.8 Å². The number of carbonyl (C=O) groups excluding carboxylic acids is 2. The molecule has 1 aromatic heterocycles. The lowest BCUT2D eigenvalue weighted by Crippen LogP contribution is -2.47. The van der Waals surface area contributed by atoms with E-state index in [1.165, 1.54) is 16.5 Å². The molecule has 5 atom stereocenters.